The molecule has 44 valence electrons. The highest BCUT2D eigenvalue weighted by Crippen LogP contribution is 1.92. The van der Waals surface area contributed by atoms with Gasteiger partial charge in [0.25, 0.3) is 0 Å². The van der Waals surface area contributed by atoms with Crippen molar-refractivity contribution in [2.75, 3.05) is 0 Å². The molecule has 3 nitrogen and oxygen atoms in total. The van der Waals surface area contributed by atoms with Crippen LogP contribution in [0.3, 0.4) is 0 Å². The average Bonchev–Trinajstić information content (AvgIpc) is 2.14. The van der Waals surface area contributed by atoms with Crippen molar-refractivity contribution in [3.63, 3.8) is 0 Å². The Morgan fingerprint density at radius 2 is 2.62 bits per heavy atom. The van der Waals surface area contributed by atoms with E-state index in [1.807, 2.05) is 7.05 Å². The minimum absolute atomic E-state index is 0.0772. The summed E-state index contributed by atoms with van der Waals surface area (Å²) in [6.45, 7) is 0.0772. The van der Waals surface area contributed by atoms with E-state index >= 15 is 0 Å². The monoisotopic (exact) mass is 112 g/mol. The van der Waals surface area contributed by atoms with Crippen LogP contribution in [0.2, 0.25) is 0 Å². The van der Waals surface area contributed by atoms with Crippen molar-refractivity contribution in [1.29, 1.82) is 0 Å². The Bertz CT molecular complexity index is 171. The van der Waals surface area contributed by atoms with Crippen LogP contribution in [0.15, 0.2) is 12.4 Å². The standard InChI is InChI=1S/C5H8N2O/c1-7-3-5(4-8)2-6-7/h2-3,8H,4H2,1H3. The zero-order valence-corrected chi connectivity index (χ0v) is 4.70. The lowest BCUT2D eigenvalue weighted by atomic mass is 10.4. The average molecular weight is 112 g/mol. The maximum absolute atomic E-state index is 8.50. The molecule has 0 aliphatic carbocycles. The first-order valence-electron chi connectivity index (χ1n) is 2.41. The van der Waals surface area contributed by atoms with Crippen LogP contribution in [-0.2, 0) is 13.7 Å². The summed E-state index contributed by atoms with van der Waals surface area (Å²) in [6.07, 6.45) is 3.42. The van der Waals surface area contributed by atoms with Crippen molar-refractivity contribution in [2.45, 2.75) is 6.61 Å². The molecular formula is C5H8N2O. The highest BCUT2D eigenvalue weighted by molar-refractivity contribution is 5.00. The lowest BCUT2D eigenvalue weighted by Crippen LogP contribution is -1.84. The maximum atomic E-state index is 8.50. The number of aliphatic hydroxyl groups is 1. The van der Waals surface area contributed by atoms with Crippen LogP contribution < -0.4 is 0 Å². The molecule has 0 unspecified atom stereocenters. The van der Waals surface area contributed by atoms with Crippen molar-refractivity contribution < 1.29 is 5.11 Å². The second-order valence-electron chi connectivity index (χ2n) is 1.68. The summed E-state index contributed by atoms with van der Waals surface area (Å²) < 4.78 is 1.66. The third-order valence-electron chi connectivity index (χ3n) is 0.941. The van der Waals surface area contributed by atoms with Crippen molar-refractivity contribution in [1.82, 2.24) is 9.78 Å². The zero-order valence-electron chi connectivity index (χ0n) is 4.70. The van der Waals surface area contributed by atoms with Gasteiger partial charge in [-0.3, -0.25) is 4.68 Å². The SMILES string of the molecule is Cn1cc(CO)cn1. The van der Waals surface area contributed by atoms with Gasteiger partial charge in [0.05, 0.1) is 12.8 Å². The highest BCUT2D eigenvalue weighted by atomic mass is 16.3. The summed E-state index contributed by atoms with van der Waals surface area (Å²) in [5.74, 6) is 0. The van der Waals surface area contributed by atoms with Crippen LogP contribution in [0.4, 0.5) is 0 Å². The van der Waals surface area contributed by atoms with Gasteiger partial charge in [-0.05, 0) is 0 Å². The van der Waals surface area contributed by atoms with Gasteiger partial charge in [0.2, 0.25) is 0 Å². The molecule has 8 heavy (non-hydrogen) atoms. The van der Waals surface area contributed by atoms with Gasteiger partial charge in [0.15, 0.2) is 0 Å². The Morgan fingerprint density at radius 1 is 1.88 bits per heavy atom. The fourth-order valence-corrected chi connectivity index (χ4v) is 0.554. The Hall–Kier alpha value is -0.830. The first-order chi connectivity index (χ1) is 3.83. The summed E-state index contributed by atoms with van der Waals surface area (Å²) in [5.41, 5.74) is 0.854. The number of hydrogen-bond acceptors (Lipinski definition) is 2. The van der Waals surface area contributed by atoms with Gasteiger partial charge in [-0.15, -0.1) is 0 Å². The van der Waals surface area contributed by atoms with Gasteiger partial charge in [0, 0.05) is 18.8 Å². The Morgan fingerprint density at radius 3 is 2.88 bits per heavy atom. The molecule has 0 radical (unpaired) electrons. The quantitative estimate of drug-likeness (QED) is 0.551. The summed E-state index contributed by atoms with van der Waals surface area (Å²) in [4.78, 5) is 0. The summed E-state index contributed by atoms with van der Waals surface area (Å²) in [5, 5.41) is 12.3. The minimum Gasteiger partial charge on any atom is -0.392 e. The van der Waals surface area contributed by atoms with Crippen LogP contribution in [0, 0.1) is 0 Å². The molecule has 0 aliphatic heterocycles. The van der Waals surface area contributed by atoms with E-state index in [0.717, 1.165) is 5.56 Å². The second kappa shape index (κ2) is 1.96. The second-order valence-corrected chi connectivity index (χ2v) is 1.68. The first kappa shape index (κ1) is 5.31. The predicted molar refractivity (Wildman–Crippen MR) is 29.1 cm³/mol. The fraction of sp³-hybridized carbons (Fsp3) is 0.400. The van der Waals surface area contributed by atoms with Gasteiger partial charge in [0.1, 0.15) is 0 Å². The zero-order chi connectivity index (χ0) is 5.98. The molecule has 3 heteroatoms. The molecule has 1 aromatic heterocycles. The molecule has 1 N–H and O–H groups in total. The molecule has 0 aliphatic rings. The summed E-state index contributed by atoms with van der Waals surface area (Å²) in [7, 11) is 1.82. The molecule has 0 atom stereocenters. The van der Waals surface area contributed by atoms with E-state index in [4.69, 9.17) is 5.11 Å². The van der Waals surface area contributed by atoms with Crippen LogP contribution in [-0.4, -0.2) is 14.9 Å². The van der Waals surface area contributed by atoms with Crippen molar-refractivity contribution in [3.05, 3.63) is 18.0 Å². The third kappa shape index (κ3) is 0.869. The van der Waals surface area contributed by atoms with Crippen molar-refractivity contribution >= 4 is 0 Å². The van der Waals surface area contributed by atoms with E-state index < -0.39 is 0 Å². The van der Waals surface area contributed by atoms with Crippen molar-refractivity contribution in [3.8, 4) is 0 Å². The van der Waals surface area contributed by atoms with Crippen molar-refractivity contribution in [2.24, 2.45) is 7.05 Å². The molecule has 0 saturated carbocycles. The predicted octanol–water partition coefficient (Wildman–Crippen LogP) is -0.0876. The smallest absolute Gasteiger partial charge is 0.0712 e. The van der Waals surface area contributed by atoms with Crippen LogP contribution >= 0.6 is 0 Å². The fourth-order valence-electron chi connectivity index (χ4n) is 0.554. The molecule has 1 heterocycles. The van der Waals surface area contributed by atoms with Crippen LogP contribution in [0.25, 0.3) is 0 Å². The van der Waals surface area contributed by atoms with Crippen LogP contribution in [0.1, 0.15) is 5.56 Å². The molecule has 1 rings (SSSR count). The van der Waals surface area contributed by atoms with Gasteiger partial charge >= 0.3 is 0 Å². The van der Waals surface area contributed by atoms with E-state index in [1.165, 1.54) is 0 Å². The summed E-state index contributed by atoms with van der Waals surface area (Å²) >= 11 is 0. The summed E-state index contributed by atoms with van der Waals surface area (Å²) in [6, 6.07) is 0. The van der Waals surface area contributed by atoms with Crippen LogP contribution in [0.5, 0.6) is 0 Å². The molecule has 0 saturated heterocycles. The first-order valence-corrected chi connectivity index (χ1v) is 2.41. The molecular weight excluding hydrogens is 104 g/mol. The van der Waals surface area contributed by atoms with E-state index in [-0.39, 0.29) is 6.61 Å². The van der Waals surface area contributed by atoms with E-state index in [1.54, 1.807) is 17.1 Å². The molecule has 1 aromatic rings. The largest absolute Gasteiger partial charge is 0.392 e. The molecule has 0 fully saturated rings. The van der Waals surface area contributed by atoms with E-state index in [9.17, 15) is 0 Å². The lowest BCUT2D eigenvalue weighted by molar-refractivity contribution is 0.281. The highest BCUT2D eigenvalue weighted by Gasteiger charge is 1.89. The molecule has 0 amide bonds. The number of aliphatic hydroxyl groups excluding tert-OH is 1. The Labute approximate surface area is 47.6 Å². The molecule has 0 spiro atoms. The van der Waals surface area contributed by atoms with E-state index in [0.29, 0.717) is 0 Å². The van der Waals surface area contributed by atoms with E-state index in [2.05, 4.69) is 5.10 Å². The Kier molecular flexibility index (Phi) is 1.30. The Balaban J connectivity index is 2.84. The number of aryl methyl sites for hydroxylation is 1. The van der Waals surface area contributed by atoms with Gasteiger partial charge in [-0.25, -0.2) is 0 Å². The molecule has 0 bridgehead atoms. The lowest BCUT2D eigenvalue weighted by Gasteiger charge is -1.81. The maximum Gasteiger partial charge on any atom is 0.0712 e. The third-order valence-corrected chi connectivity index (χ3v) is 0.941. The minimum atomic E-state index is 0.0772. The number of nitrogens with zero attached hydrogens (tertiary/aromatic N) is 2. The number of hydrogen-bond donors (Lipinski definition) is 1. The molecule has 0 aromatic carbocycles. The number of rotatable bonds is 1. The van der Waals surface area contributed by atoms with Gasteiger partial charge in [-0.2, -0.15) is 5.10 Å². The van der Waals surface area contributed by atoms with Gasteiger partial charge in [-0.1, -0.05) is 0 Å². The topological polar surface area (TPSA) is 38.0 Å². The number of aromatic nitrogens is 2. The normalized spacial score (nSPS) is 9.75. The van der Waals surface area contributed by atoms with Gasteiger partial charge < -0.3 is 5.11 Å².